The van der Waals surface area contributed by atoms with Gasteiger partial charge < -0.3 is 4.90 Å². The average Bonchev–Trinajstić information content (AvgIpc) is 2.66. The fourth-order valence-electron chi connectivity index (χ4n) is 3.08. The Balaban J connectivity index is 2.35. The standard InChI is InChI=1S/C14H22N4/c1-4-18(12-8-6-5-7-9-12)14-13(10-15)11(2)16-17(14)3/h12H,4-9H2,1-3H3. The van der Waals surface area contributed by atoms with Gasteiger partial charge in [-0.05, 0) is 26.7 Å². The predicted molar refractivity (Wildman–Crippen MR) is 72.6 cm³/mol. The van der Waals surface area contributed by atoms with E-state index in [9.17, 15) is 5.26 Å². The third-order valence-electron chi connectivity index (χ3n) is 3.93. The van der Waals surface area contributed by atoms with Crippen molar-refractivity contribution in [3.8, 4) is 6.07 Å². The molecule has 4 heteroatoms. The zero-order valence-corrected chi connectivity index (χ0v) is 11.6. The SMILES string of the molecule is CCN(c1c(C#N)c(C)nn1C)C1CCCCC1. The van der Waals surface area contributed by atoms with Gasteiger partial charge in [0.2, 0.25) is 0 Å². The Morgan fingerprint density at radius 2 is 2.06 bits per heavy atom. The lowest BCUT2D eigenvalue weighted by atomic mass is 9.94. The van der Waals surface area contributed by atoms with Crippen LogP contribution >= 0.6 is 0 Å². The lowest BCUT2D eigenvalue weighted by Gasteiger charge is -2.35. The molecule has 1 saturated carbocycles. The van der Waals surface area contributed by atoms with Gasteiger partial charge in [0.25, 0.3) is 0 Å². The van der Waals surface area contributed by atoms with Crippen molar-refractivity contribution >= 4 is 5.82 Å². The van der Waals surface area contributed by atoms with E-state index in [1.165, 1.54) is 32.1 Å². The highest BCUT2D eigenvalue weighted by Crippen LogP contribution is 2.30. The van der Waals surface area contributed by atoms with Crippen LogP contribution in [0.15, 0.2) is 0 Å². The van der Waals surface area contributed by atoms with E-state index in [2.05, 4.69) is 23.0 Å². The van der Waals surface area contributed by atoms with Gasteiger partial charge in [-0.2, -0.15) is 10.4 Å². The van der Waals surface area contributed by atoms with Crippen molar-refractivity contribution in [3.63, 3.8) is 0 Å². The second-order valence-electron chi connectivity index (χ2n) is 5.10. The first-order valence-electron chi connectivity index (χ1n) is 6.89. The van der Waals surface area contributed by atoms with Crippen LogP contribution in [0.3, 0.4) is 0 Å². The maximum atomic E-state index is 9.33. The van der Waals surface area contributed by atoms with Crippen molar-refractivity contribution in [2.45, 2.75) is 52.0 Å². The fraction of sp³-hybridized carbons (Fsp3) is 0.714. The van der Waals surface area contributed by atoms with Crippen LogP contribution in [0, 0.1) is 18.3 Å². The molecule has 1 fully saturated rings. The second kappa shape index (κ2) is 5.43. The third-order valence-corrected chi connectivity index (χ3v) is 3.93. The minimum Gasteiger partial charge on any atom is -0.353 e. The van der Waals surface area contributed by atoms with Gasteiger partial charge in [0.1, 0.15) is 17.5 Å². The molecule has 98 valence electrons. The van der Waals surface area contributed by atoms with Gasteiger partial charge in [0.05, 0.1) is 5.69 Å². The summed E-state index contributed by atoms with van der Waals surface area (Å²) < 4.78 is 1.87. The Kier molecular flexibility index (Phi) is 3.90. The second-order valence-corrected chi connectivity index (χ2v) is 5.10. The van der Waals surface area contributed by atoms with Crippen molar-refractivity contribution in [2.75, 3.05) is 11.4 Å². The van der Waals surface area contributed by atoms with Crippen LogP contribution in [-0.2, 0) is 7.05 Å². The van der Waals surface area contributed by atoms with E-state index >= 15 is 0 Å². The van der Waals surface area contributed by atoms with Crippen LogP contribution in [0.25, 0.3) is 0 Å². The van der Waals surface area contributed by atoms with Crippen LogP contribution in [0.1, 0.15) is 50.3 Å². The van der Waals surface area contributed by atoms with E-state index in [1.807, 2.05) is 18.7 Å². The summed E-state index contributed by atoms with van der Waals surface area (Å²) >= 11 is 0. The van der Waals surface area contributed by atoms with Crippen molar-refractivity contribution in [2.24, 2.45) is 7.05 Å². The minimum atomic E-state index is 0.575. The molecule has 1 aliphatic rings. The van der Waals surface area contributed by atoms with Crippen molar-refractivity contribution < 1.29 is 0 Å². The van der Waals surface area contributed by atoms with Gasteiger partial charge >= 0.3 is 0 Å². The Hall–Kier alpha value is -1.50. The van der Waals surface area contributed by atoms with Gasteiger partial charge in [-0.3, -0.25) is 4.68 Å². The molecule has 1 aliphatic carbocycles. The summed E-state index contributed by atoms with van der Waals surface area (Å²) in [5.74, 6) is 1.00. The average molecular weight is 246 g/mol. The summed E-state index contributed by atoms with van der Waals surface area (Å²) in [7, 11) is 1.94. The summed E-state index contributed by atoms with van der Waals surface area (Å²) in [4.78, 5) is 2.37. The quantitative estimate of drug-likeness (QED) is 0.823. The largest absolute Gasteiger partial charge is 0.353 e. The molecule has 0 spiro atoms. The first-order valence-corrected chi connectivity index (χ1v) is 6.89. The summed E-state index contributed by atoms with van der Waals surface area (Å²) in [6, 6.07) is 2.89. The van der Waals surface area contributed by atoms with Gasteiger partial charge in [-0.15, -0.1) is 0 Å². The molecule has 0 aromatic carbocycles. The molecule has 1 aromatic heterocycles. The Labute approximate surface area is 109 Å². The molecule has 18 heavy (non-hydrogen) atoms. The van der Waals surface area contributed by atoms with E-state index in [0.29, 0.717) is 6.04 Å². The Morgan fingerprint density at radius 3 is 2.61 bits per heavy atom. The molecule has 0 radical (unpaired) electrons. The maximum absolute atomic E-state index is 9.33. The molecule has 4 nitrogen and oxygen atoms in total. The zero-order valence-electron chi connectivity index (χ0n) is 11.6. The molecule has 0 N–H and O–H groups in total. The number of anilines is 1. The molecule has 0 bridgehead atoms. The number of rotatable bonds is 3. The lowest BCUT2D eigenvalue weighted by Crippen LogP contribution is -2.38. The summed E-state index contributed by atoms with van der Waals surface area (Å²) in [6.45, 7) is 5.02. The number of hydrogen-bond acceptors (Lipinski definition) is 3. The highest BCUT2D eigenvalue weighted by Gasteiger charge is 2.25. The van der Waals surface area contributed by atoms with Gasteiger partial charge in [0.15, 0.2) is 0 Å². The molecule has 0 amide bonds. The van der Waals surface area contributed by atoms with E-state index in [1.54, 1.807) is 0 Å². The molecule has 1 heterocycles. The summed E-state index contributed by atoms with van der Waals surface area (Å²) in [5.41, 5.74) is 1.58. The van der Waals surface area contributed by atoms with Crippen molar-refractivity contribution in [1.82, 2.24) is 9.78 Å². The van der Waals surface area contributed by atoms with Gasteiger partial charge in [-0.1, -0.05) is 19.3 Å². The number of hydrogen-bond donors (Lipinski definition) is 0. The van der Waals surface area contributed by atoms with E-state index in [4.69, 9.17) is 0 Å². The van der Waals surface area contributed by atoms with E-state index in [-0.39, 0.29) is 0 Å². The van der Waals surface area contributed by atoms with Crippen LogP contribution in [0.5, 0.6) is 0 Å². The number of aromatic nitrogens is 2. The van der Waals surface area contributed by atoms with Gasteiger partial charge in [0, 0.05) is 19.6 Å². The number of nitrogens with zero attached hydrogens (tertiary/aromatic N) is 4. The predicted octanol–water partition coefficient (Wildman–Crippen LogP) is 2.76. The Morgan fingerprint density at radius 1 is 1.39 bits per heavy atom. The molecule has 0 aliphatic heterocycles. The summed E-state index contributed by atoms with van der Waals surface area (Å²) in [6.07, 6.45) is 6.44. The first kappa shape index (κ1) is 12.9. The Bertz CT molecular complexity index is 449. The smallest absolute Gasteiger partial charge is 0.145 e. The summed E-state index contributed by atoms with van der Waals surface area (Å²) in [5, 5.41) is 13.7. The van der Waals surface area contributed by atoms with Gasteiger partial charge in [-0.25, -0.2) is 0 Å². The monoisotopic (exact) mass is 246 g/mol. The van der Waals surface area contributed by atoms with Crippen LogP contribution in [0.2, 0.25) is 0 Å². The topological polar surface area (TPSA) is 44.9 Å². The zero-order chi connectivity index (χ0) is 13.1. The van der Waals surface area contributed by atoms with E-state index < -0.39 is 0 Å². The lowest BCUT2D eigenvalue weighted by molar-refractivity contribution is 0.413. The molecule has 0 atom stereocenters. The van der Waals surface area contributed by atoms with Crippen molar-refractivity contribution in [1.29, 1.82) is 5.26 Å². The number of aryl methyl sites for hydroxylation is 2. The van der Waals surface area contributed by atoms with Crippen LogP contribution < -0.4 is 4.90 Å². The molecular formula is C14H22N4. The highest BCUT2D eigenvalue weighted by molar-refractivity contribution is 5.57. The first-order chi connectivity index (χ1) is 8.69. The normalized spacial score (nSPS) is 16.6. The third kappa shape index (κ3) is 2.22. The molecule has 0 saturated heterocycles. The van der Waals surface area contributed by atoms with E-state index in [0.717, 1.165) is 23.6 Å². The highest BCUT2D eigenvalue weighted by atomic mass is 15.4. The fourth-order valence-corrected chi connectivity index (χ4v) is 3.08. The molecule has 1 aromatic rings. The number of nitriles is 1. The maximum Gasteiger partial charge on any atom is 0.145 e. The minimum absolute atomic E-state index is 0.575. The molecular weight excluding hydrogens is 224 g/mol. The molecule has 2 rings (SSSR count). The van der Waals surface area contributed by atoms with Crippen LogP contribution in [0.4, 0.5) is 5.82 Å². The molecule has 0 unspecified atom stereocenters. The van der Waals surface area contributed by atoms with Crippen LogP contribution in [-0.4, -0.2) is 22.4 Å². The van der Waals surface area contributed by atoms with Crippen molar-refractivity contribution in [3.05, 3.63) is 11.3 Å².